The number of anilines is 1. The van der Waals surface area contributed by atoms with Gasteiger partial charge in [-0.25, -0.2) is 9.97 Å². The molecule has 0 saturated heterocycles. The first-order valence-electron chi connectivity index (χ1n) is 6.65. The van der Waals surface area contributed by atoms with E-state index in [1.165, 1.54) is 0 Å². The van der Waals surface area contributed by atoms with Gasteiger partial charge in [0.25, 0.3) is 0 Å². The van der Waals surface area contributed by atoms with E-state index < -0.39 is 16.9 Å². The van der Waals surface area contributed by atoms with Crippen molar-refractivity contribution in [2.45, 2.75) is 12.6 Å². The van der Waals surface area contributed by atoms with Crippen LogP contribution in [0.15, 0.2) is 24.5 Å². The lowest BCUT2D eigenvalue weighted by Gasteiger charge is -2.12. The van der Waals surface area contributed by atoms with E-state index in [1.54, 1.807) is 6.07 Å². The Morgan fingerprint density at radius 2 is 1.96 bits per heavy atom. The lowest BCUT2D eigenvalue weighted by molar-refractivity contribution is -0.141. The van der Waals surface area contributed by atoms with E-state index >= 15 is 0 Å². The first kappa shape index (κ1) is 15.7. The van der Waals surface area contributed by atoms with Crippen molar-refractivity contribution >= 4 is 17.4 Å². The predicted molar refractivity (Wildman–Crippen MR) is 76.8 cm³/mol. The Bertz CT molecular complexity index is 725. The van der Waals surface area contributed by atoms with Crippen LogP contribution in [0.1, 0.15) is 11.3 Å². The number of ether oxygens (including phenoxy) is 2. The Balaban J connectivity index is 1.65. The molecule has 0 fully saturated rings. The largest absolute Gasteiger partial charge is 0.454 e. The maximum absolute atomic E-state index is 12.7. The number of aromatic nitrogens is 2. The molecular formula is C14H11ClF3N3O2. The molecule has 0 aliphatic carbocycles. The first-order valence-corrected chi connectivity index (χ1v) is 7.03. The fourth-order valence-electron chi connectivity index (χ4n) is 2.11. The van der Waals surface area contributed by atoms with Gasteiger partial charge in [0.15, 0.2) is 17.2 Å². The van der Waals surface area contributed by atoms with Gasteiger partial charge < -0.3 is 14.8 Å². The number of nitrogens with zero attached hydrogens (tertiary/aromatic N) is 2. The summed E-state index contributed by atoms with van der Waals surface area (Å²) in [6.45, 7) is 0.543. The molecule has 1 aromatic carbocycles. The van der Waals surface area contributed by atoms with Gasteiger partial charge in [-0.2, -0.15) is 13.2 Å². The Morgan fingerprint density at radius 3 is 2.74 bits per heavy atom. The minimum Gasteiger partial charge on any atom is -0.454 e. The Labute approximate surface area is 134 Å². The second kappa shape index (κ2) is 6.11. The average Bonchev–Trinajstić information content (AvgIpc) is 2.95. The molecule has 9 heteroatoms. The lowest BCUT2D eigenvalue weighted by atomic mass is 10.1. The van der Waals surface area contributed by atoms with Crippen LogP contribution in [-0.2, 0) is 12.6 Å². The fraction of sp³-hybridized carbons (Fsp3) is 0.286. The monoisotopic (exact) mass is 345 g/mol. The van der Waals surface area contributed by atoms with Gasteiger partial charge in [-0.05, 0) is 24.1 Å². The predicted octanol–water partition coefficient (Wildman–Crippen LogP) is 3.53. The molecule has 0 bridgehead atoms. The number of fused-ring (bicyclic) bond motifs is 1. The highest BCUT2D eigenvalue weighted by Gasteiger charge is 2.36. The van der Waals surface area contributed by atoms with E-state index in [4.69, 9.17) is 21.1 Å². The minimum absolute atomic E-state index is 0.0465. The average molecular weight is 346 g/mol. The van der Waals surface area contributed by atoms with Crippen molar-refractivity contribution in [1.82, 2.24) is 9.97 Å². The van der Waals surface area contributed by atoms with Crippen LogP contribution in [0.5, 0.6) is 11.5 Å². The van der Waals surface area contributed by atoms with E-state index in [9.17, 15) is 13.2 Å². The van der Waals surface area contributed by atoms with Gasteiger partial charge in [0.1, 0.15) is 17.2 Å². The molecule has 0 amide bonds. The van der Waals surface area contributed by atoms with Crippen LogP contribution >= 0.6 is 11.6 Å². The molecule has 5 nitrogen and oxygen atoms in total. The molecule has 2 heterocycles. The summed E-state index contributed by atoms with van der Waals surface area (Å²) in [5.41, 5.74) is -0.206. The number of nitrogens with one attached hydrogen (secondary N) is 1. The smallest absolute Gasteiger partial charge is 0.435 e. The number of rotatable bonds is 4. The van der Waals surface area contributed by atoms with Crippen molar-refractivity contribution in [2.24, 2.45) is 0 Å². The number of hydrogen-bond donors (Lipinski definition) is 1. The van der Waals surface area contributed by atoms with Crippen LogP contribution in [0.25, 0.3) is 0 Å². The molecule has 3 rings (SSSR count). The number of hydrogen-bond acceptors (Lipinski definition) is 5. The van der Waals surface area contributed by atoms with E-state index in [-0.39, 0.29) is 12.6 Å². The summed E-state index contributed by atoms with van der Waals surface area (Å²) in [5.74, 6) is 1.28. The third-order valence-electron chi connectivity index (χ3n) is 3.20. The maximum atomic E-state index is 12.7. The molecule has 0 unspecified atom stereocenters. The molecule has 0 saturated carbocycles. The second-order valence-electron chi connectivity index (χ2n) is 4.75. The van der Waals surface area contributed by atoms with Crippen LogP contribution in [-0.4, -0.2) is 23.3 Å². The van der Waals surface area contributed by atoms with Crippen molar-refractivity contribution in [3.63, 3.8) is 0 Å². The molecule has 0 radical (unpaired) electrons. The van der Waals surface area contributed by atoms with E-state index in [0.717, 1.165) is 11.9 Å². The fourth-order valence-corrected chi connectivity index (χ4v) is 2.38. The summed E-state index contributed by atoms with van der Waals surface area (Å²) < 4.78 is 48.6. The summed E-state index contributed by atoms with van der Waals surface area (Å²) in [6.07, 6.45) is -3.23. The molecule has 0 atom stereocenters. The summed E-state index contributed by atoms with van der Waals surface area (Å²) in [6, 6.07) is 5.47. The summed E-state index contributed by atoms with van der Waals surface area (Å²) in [7, 11) is 0. The van der Waals surface area contributed by atoms with Crippen LogP contribution in [0.2, 0.25) is 5.02 Å². The summed E-state index contributed by atoms with van der Waals surface area (Å²) in [4.78, 5) is 6.92. The minimum atomic E-state index is -4.62. The van der Waals surface area contributed by atoms with Crippen LogP contribution in [0, 0.1) is 0 Å². The van der Waals surface area contributed by atoms with Gasteiger partial charge in [0.2, 0.25) is 6.79 Å². The molecule has 1 aliphatic heterocycles. The third kappa shape index (κ3) is 3.42. The molecule has 122 valence electrons. The standard InChI is InChI=1S/C14H11ClF3N3O2/c15-11-12(14(16,17)18)20-6-21-13(11)19-4-3-8-1-2-9-10(5-8)23-7-22-9/h1-2,5-6H,3-4,7H2,(H,19,20,21). The van der Waals surface area contributed by atoms with Crippen LogP contribution < -0.4 is 14.8 Å². The van der Waals surface area contributed by atoms with Crippen molar-refractivity contribution in [2.75, 3.05) is 18.7 Å². The highest BCUT2D eigenvalue weighted by molar-refractivity contribution is 6.33. The molecule has 0 spiro atoms. The quantitative estimate of drug-likeness (QED) is 0.918. The SMILES string of the molecule is FC(F)(F)c1ncnc(NCCc2ccc3c(c2)OCO3)c1Cl. The van der Waals surface area contributed by atoms with E-state index in [1.807, 2.05) is 12.1 Å². The van der Waals surface area contributed by atoms with Crippen molar-refractivity contribution < 1.29 is 22.6 Å². The highest BCUT2D eigenvalue weighted by atomic mass is 35.5. The lowest BCUT2D eigenvalue weighted by Crippen LogP contribution is -2.13. The van der Waals surface area contributed by atoms with Gasteiger partial charge >= 0.3 is 6.18 Å². The van der Waals surface area contributed by atoms with Gasteiger partial charge in [-0.15, -0.1) is 0 Å². The Kier molecular flexibility index (Phi) is 4.16. The van der Waals surface area contributed by atoms with Crippen molar-refractivity contribution in [3.05, 3.63) is 40.8 Å². The second-order valence-corrected chi connectivity index (χ2v) is 5.12. The molecule has 2 aromatic rings. The van der Waals surface area contributed by atoms with Gasteiger partial charge in [-0.1, -0.05) is 17.7 Å². The molecule has 1 aliphatic rings. The maximum Gasteiger partial charge on any atom is 0.435 e. The van der Waals surface area contributed by atoms with E-state index in [2.05, 4.69) is 15.3 Å². The van der Waals surface area contributed by atoms with Gasteiger partial charge in [-0.3, -0.25) is 0 Å². The van der Waals surface area contributed by atoms with Crippen LogP contribution in [0.3, 0.4) is 0 Å². The molecular weight excluding hydrogens is 335 g/mol. The Morgan fingerprint density at radius 1 is 1.17 bits per heavy atom. The van der Waals surface area contributed by atoms with Gasteiger partial charge in [0, 0.05) is 6.54 Å². The highest BCUT2D eigenvalue weighted by Crippen LogP contribution is 2.35. The molecule has 1 aromatic heterocycles. The van der Waals surface area contributed by atoms with Crippen molar-refractivity contribution in [1.29, 1.82) is 0 Å². The Hall–Kier alpha value is -2.22. The molecule has 23 heavy (non-hydrogen) atoms. The number of halogens is 4. The zero-order chi connectivity index (χ0) is 16.4. The topological polar surface area (TPSA) is 56.3 Å². The van der Waals surface area contributed by atoms with E-state index in [0.29, 0.717) is 24.5 Å². The number of alkyl halides is 3. The summed E-state index contributed by atoms with van der Waals surface area (Å²) in [5, 5.41) is 2.25. The van der Waals surface area contributed by atoms with Gasteiger partial charge in [0.05, 0.1) is 0 Å². The normalized spacial score (nSPS) is 13.2. The van der Waals surface area contributed by atoms with Crippen molar-refractivity contribution in [3.8, 4) is 11.5 Å². The van der Waals surface area contributed by atoms with Crippen LogP contribution in [0.4, 0.5) is 19.0 Å². The zero-order valence-corrected chi connectivity index (χ0v) is 12.4. The first-order chi connectivity index (χ1) is 10.9. The molecule has 1 N–H and O–H groups in total. The summed E-state index contributed by atoms with van der Waals surface area (Å²) >= 11 is 5.71. The third-order valence-corrected chi connectivity index (χ3v) is 3.56. The zero-order valence-electron chi connectivity index (χ0n) is 11.7. The number of benzene rings is 1.